The molecule has 0 aliphatic carbocycles. The van der Waals surface area contributed by atoms with E-state index in [0.29, 0.717) is 11.1 Å². The fourth-order valence-electron chi connectivity index (χ4n) is 1.63. The molecule has 6 nitrogen and oxygen atoms in total. The third-order valence-corrected chi connectivity index (χ3v) is 3.13. The molecule has 8 heteroatoms. The van der Waals surface area contributed by atoms with Crippen molar-refractivity contribution >= 4 is 15.7 Å². The van der Waals surface area contributed by atoms with Crippen molar-refractivity contribution in [3.05, 3.63) is 35.9 Å². The van der Waals surface area contributed by atoms with E-state index in [9.17, 15) is 8.60 Å². The minimum atomic E-state index is -2.75. The Morgan fingerprint density at radius 2 is 2.11 bits per heavy atom. The summed E-state index contributed by atoms with van der Waals surface area (Å²) in [7, 11) is -2.75. The third-order valence-electron chi connectivity index (χ3n) is 2.25. The van der Waals surface area contributed by atoms with Gasteiger partial charge in [-0.2, -0.15) is 4.98 Å². The Bertz CT molecular complexity index is 717. The van der Waals surface area contributed by atoms with Crippen LogP contribution < -0.4 is 5.73 Å². The number of benzene rings is 1. The van der Waals surface area contributed by atoms with E-state index in [-0.39, 0.29) is 17.5 Å². The summed E-state index contributed by atoms with van der Waals surface area (Å²) < 4.78 is 32.4. The summed E-state index contributed by atoms with van der Waals surface area (Å²) in [4.78, 5) is 11.4. The third kappa shape index (κ3) is 3.68. The van der Waals surface area contributed by atoms with Crippen LogP contribution in [0.3, 0.4) is 0 Å². The molecule has 0 aliphatic rings. The van der Waals surface area contributed by atoms with Crippen LogP contribution in [0.2, 0.25) is 0 Å². The zero-order valence-electron chi connectivity index (χ0n) is 10.1. The summed E-state index contributed by atoms with van der Waals surface area (Å²) in [5, 5.41) is 0. The van der Waals surface area contributed by atoms with Gasteiger partial charge < -0.3 is 5.73 Å². The number of nitrogens with zero attached hydrogens (tertiary/aromatic N) is 3. The Balaban J connectivity index is 2.47. The van der Waals surface area contributed by atoms with Gasteiger partial charge in [0.2, 0.25) is 5.95 Å². The van der Waals surface area contributed by atoms with Gasteiger partial charge in [0.25, 0.3) is 0 Å². The smallest absolute Gasteiger partial charge is 0.223 e. The van der Waals surface area contributed by atoms with Crippen molar-refractivity contribution in [2.24, 2.45) is 0 Å². The fraction of sp³-hybridized carbons (Fsp3) is 0.182. The summed E-state index contributed by atoms with van der Waals surface area (Å²) in [5.74, 6) is -0.259. The number of hydrogen-bond acceptors (Lipinski definition) is 6. The molecule has 1 heterocycles. The molecule has 0 fully saturated rings. The Labute approximate surface area is 109 Å². The molecule has 0 bridgehead atoms. The second-order valence-corrected chi connectivity index (χ2v) is 6.46. The van der Waals surface area contributed by atoms with E-state index in [0.717, 1.165) is 0 Å². The second-order valence-electron chi connectivity index (χ2n) is 4.16. The molecule has 2 aromatic rings. The van der Waals surface area contributed by atoms with E-state index < -0.39 is 15.5 Å². The first-order valence-corrected chi connectivity index (χ1v) is 7.43. The maximum atomic E-state index is 13.5. The van der Waals surface area contributed by atoms with Crippen LogP contribution in [-0.2, 0) is 15.5 Å². The quantitative estimate of drug-likeness (QED) is 0.885. The molecule has 100 valence electrons. The van der Waals surface area contributed by atoms with Crippen molar-refractivity contribution in [3.8, 4) is 11.4 Å². The first kappa shape index (κ1) is 13.3. The molecular weight excluding hydrogens is 269 g/mol. The lowest BCUT2D eigenvalue weighted by molar-refractivity contribution is 0.626. The summed E-state index contributed by atoms with van der Waals surface area (Å²) in [6.07, 6.45) is 2.54. The fourth-order valence-corrected chi connectivity index (χ4v) is 2.43. The van der Waals surface area contributed by atoms with Crippen molar-refractivity contribution in [1.29, 1.82) is 4.78 Å². The van der Waals surface area contributed by atoms with Gasteiger partial charge in [-0.3, -0.25) is 4.78 Å². The highest BCUT2D eigenvalue weighted by molar-refractivity contribution is 7.90. The monoisotopic (exact) mass is 281 g/mol. The average Bonchev–Trinajstić information content (AvgIpc) is 2.25. The van der Waals surface area contributed by atoms with Crippen LogP contribution in [0, 0.1) is 10.6 Å². The van der Waals surface area contributed by atoms with E-state index in [1.807, 2.05) is 0 Å². The molecule has 1 aromatic heterocycles. The van der Waals surface area contributed by atoms with E-state index in [2.05, 4.69) is 15.0 Å². The van der Waals surface area contributed by atoms with Crippen LogP contribution in [0.4, 0.5) is 10.3 Å². The average molecular weight is 281 g/mol. The van der Waals surface area contributed by atoms with Gasteiger partial charge in [-0.15, -0.1) is 0 Å². The van der Waals surface area contributed by atoms with Crippen molar-refractivity contribution in [2.45, 2.75) is 5.75 Å². The Morgan fingerprint density at radius 1 is 1.37 bits per heavy atom. The Morgan fingerprint density at radius 3 is 2.74 bits per heavy atom. The first-order chi connectivity index (χ1) is 8.83. The zero-order chi connectivity index (χ0) is 14.0. The first-order valence-electron chi connectivity index (χ1n) is 5.29. The molecule has 19 heavy (non-hydrogen) atoms. The van der Waals surface area contributed by atoms with Crippen molar-refractivity contribution < 1.29 is 8.60 Å². The molecule has 1 atom stereocenters. The van der Waals surface area contributed by atoms with Crippen LogP contribution in [0.1, 0.15) is 5.56 Å². The molecule has 0 aliphatic heterocycles. The van der Waals surface area contributed by atoms with Crippen molar-refractivity contribution in [1.82, 2.24) is 15.0 Å². The Kier molecular flexibility index (Phi) is 3.43. The van der Waals surface area contributed by atoms with Crippen molar-refractivity contribution in [3.63, 3.8) is 0 Å². The highest BCUT2D eigenvalue weighted by Gasteiger charge is 2.09. The number of nitrogens with two attached hydrogens (primary N) is 1. The maximum absolute atomic E-state index is 13.5. The standard InChI is InChI=1S/C11H12FN5OS/c1-19(14,18)5-7-2-8(4-9(12)3-7)10-15-6-16-11(13)17-10/h2-4,6,14H,5H2,1H3,(H2,13,15,16,17). The van der Waals surface area contributed by atoms with E-state index in [1.54, 1.807) is 6.07 Å². The molecule has 1 aromatic carbocycles. The lowest BCUT2D eigenvalue weighted by Crippen LogP contribution is -2.01. The van der Waals surface area contributed by atoms with Crippen LogP contribution in [-0.4, -0.2) is 25.4 Å². The predicted molar refractivity (Wildman–Crippen MR) is 70.1 cm³/mol. The minimum Gasteiger partial charge on any atom is -0.368 e. The molecule has 0 amide bonds. The van der Waals surface area contributed by atoms with Crippen LogP contribution in [0.15, 0.2) is 24.5 Å². The van der Waals surface area contributed by atoms with Gasteiger partial charge in [-0.25, -0.2) is 18.6 Å². The van der Waals surface area contributed by atoms with E-state index >= 15 is 0 Å². The van der Waals surface area contributed by atoms with Gasteiger partial charge in [0.15, 0.2) is 5.82 Å². The number of halogens is 1. The number of nitrogens with one attached hydrogen (secondary N) is 1. The maximum Gasteiger partial charge on any atom is 0.223 e. The number of hydrogen-bond donors (Lipinski definition) is 2. The molecule has 2 rings (SSSR count). The predicted octanol–water partition coefficient (Wildman–Crippen LogP) is 1.44. The van der Waals surface area contributed by atoms with Gasteiger partial charge >= 0.3 is 0 Å². The number of aromatic nitrogens is 3. The number of nitrogen functional groups attached to an aromatic ring is 1. The zero-order valence-corrected chi connectivity index (χ0v) is 10.9. The SMILES string of the molecule is CS(=N)(=O)Cc1cc(F)cc(-c2ncnc(N)n2)c1. The molecule has 0 saturated carbocycles. The van der Waals surface area contributed by atoms with Gasteiger partial charge in [-0.1, -0.05) is 0 Å². The minimum absolute atomic E-state index is 0.0294. The highest BCUT2D eigenvalue weighted by Crippen LogP contribution is 2.20. The molecular formula is C11H12FN5OS. The summed E-state index contributed by atoms with van der Waals surface area (Å²) in [6, 6.07) is 4.08. The van der Waals surface area contributed by atoms with Crippen LogP contribution in [0.25, 0.3) is 11.4 Å². The molecule has 0 radical (unpaired) electrons. The van der Waals surface area contributed by atoms with Gasteiger partial charge in [0.1, 0.15) is 12.1 Å². The van der Waals surface area contributed by atoms with Gasteiger partial charge in [0, 0.05) is 21.5 Å². The molecule has 3 N–H and O–H groups in total. The number of rotatable bonds is 3. The van der Waals surface area contributed by atoms with Crippen LogP contribution in [0.5, 0.6) is 0 Å². The van der Waals surface area contributed by atoms with Crippen molar-refractivity contribution in [2.75, 3.05) is 12.0 Å². The van der Waals surface area contributed by atoms with E-state index in [1.165, 1.54) is 24.7 Å². The Hall–Kier alpha value is -2.09. The van der Waals surface area contributed by atoms with Gasteiger partial charge in [0.05, 0.1) is 5.75 Å². The lowest BCUT2D eigenvalue weighted by Gasteiger charge is -2.06. The summed E-state index contributed by atoms with van der Waals surface area (Å²) in [5.41, 5.74) is 6.31. The van der Waals surface area contributed by atoms with Crippen LogP contribution >= 0.6 is 0 Å². The second kappa shape index (κ2) is 4.88. The molecule has 1 unspecified atom stereocenters. The molecule has 0 saturated heterocycles. The lowest BCUT2D eigenvalue weighted by atomic mass is 10.1. The summed E-state index contributed by atoms with van der Waals surface area (Å²) in [6.45, 7) is 0. The van der Waals surface area contributed by atoms with E-state index in [4.69, 9.17) is 10.5 Å². The largest absolute Gasteiger partial charge is 0.368 e. The topological polar surface area (TPSA) is 106 Å². The molecule has 0 spiro atoms. The summed E-state index contributed by atoms with van der Waals surface area (Å²) >= 11 is 0. The van der Waals surface area contributed by atoms with Gasteiger partial charge in [-0.05, 0) is 23.8 Å². The normalized spacial score (nSPS) is 14.0. The highest BCUT2D eigenvalue weighted by atomic mass is 32.2. The number of anilines is 1.